The number of rotatable bonds is 5. The average molecular weight is 346 g/mol. The number of alkyl halides is 3. The van der Waals surface area contributed by atoms with Crippen LogP contribution in [0.25, 0.3) is 0 Å². The average Bonchev–Trinajstić information content (AvgIpc) is 2.47. The number of hydrogen-bond acceptors (Lipinski definition) is 3. The molecule has 1 aliphatic heterocycles. The second-order valence-corrected chi connectivity index (χ2v) is 6.46. The van der Waals surface area contributed by atoms with Crippen LogP contribution in [-0.2, 0) is 15.8 Å². The van der Waals surface area contributed by atoms with Crippen molar-refractivity contribution in [3.63, 3.8) is 0 Å². The van der Waals surface area contributed by atoms with Crippen LogP contribution in [0.15, 0.2) is 23.1 Å². The number of carbonyl (C=O) groups is 2. The van der Waals surface area contributed by atoms with Crippen LogP contribution < -0.4 is 10.6 Å². The highest BCUT2D eigenvalue weighted by Gasteiger charge is 2.34. The highest BCUT2D eigenvalue weighted by atomic mass is 32.2. The molecule has 126 valence electrons. The first-order valence-electron chi connectivity index (χ1n) is 7.26. The molecule has 0 saturated heterocycles. The van der Waals surface area contributed by atoms with E-state index in [0.717, 1.165) is 36.7 Å². The van der Waals surface area contributed by atoms with Crippen molar-refractivity contribution in [3.8, 4) is 0 Å². The topological polar surface area (TPSA) is 58.2 Å². The Labute approximate surface area is 136 Å². The summed E-state index contributed by atoms with van der Waals surface area (Å²) in [5.41, 5.74) is -0.676. The largest absolute Gasteiger partial charge is 0.416 e. The molecule has 0 aliphatic carbocycles. The lowest BCUT2D eigenvalue weighted by Gasteiger charge is -2.24. The molecule has 8 heteroatoms. The van der Waals surface area contributed by atoms with Crippen LogP contribution in [0.1, 0.15) is 31.7 Å². The predicted octanol–water partition coefficient (Wildman–Crippen LogP) is 3.42. The van der Waals surface area contributed by atoms with Crippen LogP contribution >= 0.6 is 11.8 Å². The fourth-order valence-corrected chi connectivity index (χ4v) is 3.20. The van der Waals surface area contributed by atoms with Gasteiger partial charge in [0.15, 0.2) is 0 Å². The molecule has 0 saturated carbocycles. The van der Waals surface area contributed by atoms with Crippen molar-refractivity contribution in [1.82, 2.24) is 5.32 Å². The van der Waals surface area contributed by atoms with Gasteiger partial charge < -0.3 is 10.6 Å². The summed E-state index contributed by atoms with van der Waals surface area (Å²) < 4.78 is 38.0. The molecule has 1 aromatic rings. The number of amides is 2. The summed E-state index contributed by atoms with van der Waals surface area (Å²) in [6, 6.07) is 3.21. The molecule has 4 nitrogen and oxygen atoms in total. The number of nitrogens with one attached hydrogen (secondary N) is 2. The maximum atomic E-state index is 12.7. The van der Waals surface area contributed by atoms with Crippen molar-refractivity contribution in [2.24, 2.45) is 0 Å². The van der Waals surface area contributed by atoms with Gasteiger partial charge in [-0.2, -0.15) is 13.2 Å². The molecule has 2 amide bonds. The van der Waals surface area contributed by atoms with Crippen LogP contribution in [-0.4, -0.2) is 23.6 Å². The lowest BCUT2D eigenvalue weighted by atomic mass is 10.1. The number of halogens is 3. The minimum atomic E-state index is -4.46. The van der Waals surface area contributed by atoms with Gasteiger partial charge in [0.25, 0.3) is 0 Å². The number of carbonyl (C=O) groups excluding carboxylic acids is 2. The zero-order chi connectivity index (χ0) is 17.0. The predicted molar refractivity (Wildman–Crippen MR) is 82.3 cm³/mol. The number of hydrogen-bond donors (Lipinski definition) is 2. The van der Waals surface area contributed by atoms with Crippen LogP contribution in [0.3, 0.4) is 0 Å². The van der Waals surface area contributed by atoms with Crippen LogP contribution in [0.2, 0.25) is 0 Å². The first-order valence-corrected chi connectivity index (χ1v) is 8.14. The Balaban J connectivity index is 2.04. The fraction of sp³-hybridized carbons (Fsp3) is 0.467. The summed E-state index contributed by atoms with van der Waals surface area (Å²) in [7, 11) is 0. The summed E-state index contributed by atoms with van der Waals surface area (Å²) in [6.07, 6.45) is -2.65. The van der Waals surface area contributed by atoms with E-state index in [1.807, 2.05) is 6.92 Å². The van der Waals surface area contributed by atoms with E-state index in [2.05, 4.69) is 10.6 Å². The van der Waals surface area contributed by atoms with Crippen molar-refractivity contribution in [2.45, 2.75) is 42.5 Å². The molecule has 1 atom stereocenters. The van der Waals surface area contributed by atoms with Crippen LogP contribution in [0.4, 0.5) is 18.9 Å². The quantitative estimate of drug-likeness (QED) is 0.803. The Hall–Kier alpha value is -1.70. The molecule has 23 heavy (non-hydrogen) atoms. The molecule has 1 heterocycles. The van der Waals surface area contributed by atoms with E-state index in [0.29, 0.717) is 11.4 Å². The Bertz CT molecular complexity index is 605. The maximum Gasteiger partial charge on any atom is 0.416 e. The molecule has 0 radical (unpaired) electrons. The molecule has 1 aromatic carbocycles. The van der Waals surface area contributed by atoms with E-state index >= 15 is 0 Å². The summed E-state index contributed by atoms with van der Waals surface area (Å²) >= 11 is 1.11. The standard InChI is InChI=1S/C15H17F3N2O2S/c1-2-3-6-19-13(21)8-12-14(22)20-10-7-9(15(16,17)18)4-5-11(10)23-12/h4-5,7,12H,2-3,6,8H2,1H3,(H,19,21)(H,20,22)/t12-/m1/s1. The van der Waals surface area contributed by atoms with Crippen molar-refractivity contribution < 1.29 is 22.8 Å². The number of fused-ring (bicyclic) bond motifs is 1. The number of anilines is 1. The van der Waals surface area contributed by atoms with Gasteiger partial charge in [0.2, 0.25) is 11.8 Å². The summed E-state index contributed by atoms with van der Waals surface area (Å²) in [5.74, 6) is -0.686. The van der Waals surface area contributed by atoms with Gasteiger partial charge in [-0.3, -0.25) is 9.59 Å². The molecule has 2 rings (SSSR count). The zero-order valence-electron chi connectivity index (χ0n) is 12.5. The third kappa shape index (κ3) is 4.63. The van der Waals surface area contributed by atoms with Crippen molar-refractivity contribution in [1.29, 1.82) is 0 Å². The van der Waals surface area contributed by atoms with E-state index in [4.69, 9.17) is 0 Å². The van der Waals surface area contributed by atoms with E-state index in [-0.39, 0.29) is 18.0 Å². The van der Waals surface area contributed by atoms with Gasteiger partial charge in [-0.1, -0.05) is 13.3 Å². The molecule has 0 fully saturated rings. The third-order valence-electron chi connectivity index (χ3n) is 3.35. The fourth-order valence-electron chi connectivity index (χ4n) is 2.11. The molecule has 0 spiro atoms. The molecular weight excluding hydrogens is 329 g/mol. The van der Waals surface area contributed by atoms with Gasteiger partial charge in [-0.15, -0.1) is 11.8 Å². The van der Waals surface area contributed by atoms with E-state index in [9.17, 15) is 22.8 Å². The van der Waals surface area contributed by atoms with Crippen molar-refractivity contribution >= 4 is 29.3 Å². The van der Waals surface area contributed by atoms with Crippen molar-refractivity contribution in [3.05, 3.63) is 23.8 Å². The smallest absolute Gasteiger partial charge is 0.356 e. The molecular formula is C15H17F3N2O2S. The Morgan fingerprint density at radius 1 is 1.39 bits per heavy atom. The SMILES string of the molecule is CCCCNC(=O)C[C@H]1Sc2ccc(C(F)(F)F)cc2NC1=O. The van der Waals surface area contributed by atoms with E-state index in [1.165, 1.54) is 6.07 Å². The monoisotopic (exact) mass is 346 g/mol. The van der Waals surface area contributed by atoms with Gasteiger partial charge >= 0.3 is 6.18 Å². The molecule has 2 N–H and O–H groups in total. The van der Waals surface area contributed by atoms with E-state index < -0.39 is 22.9 Å². The normalized spacial score (nSPS) is 17.4. The molecule has 0 aromatic heterocycles. The lowest BCUT2D eigenvalue weighted by molar-refractivity contribution is -0.137. The second kappa shape index (κ2) is 7.25. The van der Waals surface area contributed by atoms with Gasteiger partial charge in [0, 0.05) is 17.9 Å². The Kier molecular flexibility index (Phi) is 5.56. The number of thioether (sulfide) groups is 1. The highest BCUT2D eigenvalue weighted by Crippen LogP contribution is 2.40. The maximum absolute atomic E-state index is 12.7. The van der Waals surface area contributed by atoms with Crippen LogP contribution in [0.5, 0.6) is 0 Å². The van der Waals surface area contributed by atoms with Gasteiger partial charge in [0.05, 0.1) is 16.5 Å². The molecule has 0 bridgehead atoms. The molecule has 1 aliphatic rings. The van der Waals surface area contributed by atoms with Gasteiger partial charge in [0.1, 0.15) is 0 Å². The molecule has 0 unspecified atom stereocenters. The zero-order valence-corrected chi connectivity index (χ0v) is 13.3. The second-order valence-electron chi connectivity index (χ2n) is 5.21. The van der Waals surface area contributed by atoms with Gasteiger partial charge in [-0.25, -0.2) is 0 Å². The minimum absolute atomic E-state index is 0.000671. The van der Waals surface area contributed by atoms with Gasteiger partial charge in [-0.05, 0) is 24.6 Å². The van der Waals surface area contributed by atoms with E-state index in [1.54, 1.807) is 0 Å². The summed E-state index contributed by atoms with van der Waals surface area (Å²) in [6.45, 7) is 2.56. The minimum Gasteiger partial charge on any atom is -0.356 e. The Morgan fingerprint density at radius 2 is 2.13 bits per heavy atom. The summed E-state index contributed by atoms with van der Waals surface area (Å²) in [4.78, 5) is 24.3. The Morgan fingerprint density at radius 3 is 2.78 bits per heavy atom. The number of unbranched alkanes of at least 4 members (excludes halogenated alkanes) is 1. The lowest BCUT2D eigenvalue weighted by Crippen LogP contribution is -2.35. The van der Waals surface area contributed by atoms with Crippen molar-refractivity contribution in [2.75, 3.05) is 11.9 Å². The first-order chi connectivity index (χ1) is 10.8. The first kappa shape index (κ1) is 17.7. The van der Waals surface area contributed by atoms with Crippen LogP contribution in [0, 0.1) is 0 Å². The number of benzene rings is 1. The highest BCUT2D eigenvalue weighted by molar-refractivity contribution is 8.01. The summed E-state index contributed by atoms with van der Waals surface area (Å²) in [5, 5.41) is 4.54. The third-order valence-corrected chi connectivity index (χ3v) is 4.62.